The molecule has 1 aliphatic carbocycles. The molecule has 0 aliphatic heterocycles. The van der Waals surface area contributed by atoms with Gasteiger partial charge in [-0.2, -0.15) is 0 Å². The quantitative estimate of drug-likeness (QED) is 0.864. The monoisotopic (exact) mass is 251 g/mol. The average molecular weight is 251 g/mol. The van der Waals surface area contributed by atoms with Gasteiger partial charge in [-0.1, -0.05) is 60.2 Å². The van der Waals surface area contributed by atoms with Crippen molar-refractivity contribution >= 4 is 0 Å². The smallest absolute Gasteiger partial charge is 0.0352 e. The van der Waals surface area contributed by atoms with Crippen molar-refractivity contribution in [3.8, 4) is 0 Å². The van der Waals surface area contributed by atoms with E-state index in [2.05, 4.69) is 73.9 Å². The Labute approximate surface area is 115 Å². The van der Waals surface area contributed by atoms with Gasteiger partial charge in [0.2, 0.25) is 0 Å². The minimum Gasteiger partial charge on any atom is -0.313 e. The SMILES string of the molecule is CNC(c1cccc(C)c1)C1CC1c1ccccc1. The minimum atomic E-state index is 0.477. The van der Waals surface area contributed by atoms with E-state index < -0.39 is 0 Å². The zero-order valence-electron chi connectivity index (χ0n) is 11.6. The lowest BCUT2D eigenvalue weighted by Gasteiger charge is -2.17. The second kappa shape index (κ2) is 5.18. The van der Waals surface area contributed by atoms with Crippen LogP contribution >= 0.6 is 0 Å². The molecular formula is C18H21N. The maximum atomic E-state index is 3.51. The number of benzene rings is 2. The van der Waals surface area contributed by atoms with E-state index in [0.29, 0.717) is 6.04 Å². The molecule has 0 aromatic heterocycles. The first-order valence-corrected chi connectivity index (χ1v) is 7.08. The fourth-order valence-electron chi connectivity index (χ4n) is 3.16. The lowest BCUT2D eigenvalue weighted by Crippen LogP contribution is -2.19. The Morgan fingerprint density at radius 3 is 2.53 bits per heavy atom. The van der Waals surface area contributed by atoms with Gasteiger partial charge in [0.25, 0.3) is 0 Å². The van der Waals surface area contributed by atoms with Crippen LogP contribution in [0, 0.1) is 12.8 Å². The Hall–Kier alpha value is -1.60. The van der Waals surface area contributed by atoms with Crippen LogP contribution in [0.5, 0.6) is 0 Å². The molecular weight excluding hydrogens is 230 g/mol. The highest BCUT2D eigenvalue weighted by Gasteiger charge is 2.43. The lowest BCUT2D eigenvalue weighted by molar-refractivity contribution is 0.517. The van der Waals surface area contributed by atoms with Crippen LogP contribution in [0.15, 0.2) is 54.6 Å². The summed E-state index contributed by atoms with van der Waals surface area (Å²) in [7, 11) is 2.08. The third kappa shape index (κ3) is 2.57. The molecule has 0 amide bonds. The second-order valence-electron chi connectivity index (χ2n) is 5.60. The van der Waals surface area contributed by atoms with Gasteiger partial charge in [0.05, 0.1) is 0 Å². The van der Waals surface area contributed by atoms with Crippen LogP contribution in [0.4, 0.5) is 0 Å². The zero-order chi connectivity index (χ0) is 13.2. The van der Waals surface area contributed by atoms with E-state index in [0.717, 1.165) is 11.8 Å². The van der Waals surface area contributed by atoms with Crippen molar-refractivity contribution in [3.05, 3.63) is 71.3 Å². The van der Waals surface area contributed by atoms with Crippen molar-refractivity contribution < 1.29 is 0 Å². The van der Waals surface area contributed by atoms with Crippen LogP contribution in [-0.2, 0) is 0 Å². The third-order valence-corrected chi connectivity index (χ3v) is 4.21. The summed E-state index contributed by atoms with van der Waals surface area (Å²) >= 11 is 0. The van der Waals surface area contributed by atoms with Gasteiger partial charge in [-0.3, -0.25) is 0 Å². The molecule has 2 aromatic rings. The Balaban J connectivity index is 1.79. The fourth-order valence-corrected chi connectivity index (χ4v) is 3.16. The predicted octanol–water partition coefficient (Wildman–Crippen LogP) is 4.06. The molecule has 0 radical (unpaired) electrons. The van der Waals surface area contributed by atoms with Crippen molar-refractivity contribution in [1.82, 2.24) is 5.32 Å². The molecule has 0 bridgehead atoms. The van der Waals surface area contributed by atoms with Gasteiger partial charge < -0.3 is 5.32 Å². The van der Waals surface area contributed by atoms with E-state index in [1.807, 2.05) is 0 Å². The van der Waals surface area contributed by atoms with E-state index in [-0.39, 0.29) is 0 Å². The summed E-state index contributed by atoms with van der Waals surface area (Å²) in [6, 6.07) is 20.3. The van der Waals surface area contributed by atoms with E-state index >= 15 is 0 Å². The lowest BCUT2D eigenvalue weighted by atomic mass is 9.97. The maximum absolute atomic E-state index is 3.51. The van der Waals surface area contributed by atoms with E-state index in [1.54, 1.807) is 0 Å². The second-order valence-corrected chi connectivity index (χ2v) is 5.60. The average Bonchev–Trinajstić information content (AvgIpc) is 3.21. The van der Waals surface area contributed by atoms with Crippen LogP contribution in [0.1, 0.15) is 35.1 Å². The van der Waals surface area contributed by atoms with Crippen LogP contribution in [0.3, 0.4) is 0 Å². The van der Waals surface area contributed by atoms with E-state index in [4.69, 9.17) is 0 Å². The van der Waals surface area contributed by atoms with Crippen LogP contribution in [-0.4, -0.2) is 7.05 Å². The normalized spacial score (nSPS) is 23.1. The number of nitrogens with one attached hydrogen (secondary N) is 1. The van der Waals surface area contributed by atoms with Gasteiger partial charge in [-0.25, -0.2) is 0 Å². The molecule has 1 heteroatoms. The highest BCUT2D eigenvalue weighted by Crippen LogP contribution is 2.53. The van der Waals surface area contributed by atoms with Crippen molar-refractivity contribution in [2.45, 2.75) is 25.3 Å². The van der Waals surface area contributed by atoms with Crippen molar-refractivity contribution in [3.63, 3.8) is 0 Å². The van der Waals surface area contributed by atoms with Crippen molar-refractivity contribution in [1.29, 1.82) is 0 Å². The third-order valence-electron chi connectivity index (χ3n) is 4.21. The van der Waals surface area contributed by atoms with Gasteiger partial charge in [-0.15, -0.1) is 0 Å². The highest BCUT2D eigenvalue weighted by molar-refractivity contribution is 5.32. The molecule has 1 N–H and O–H groups in total. The number of hydrogen-bond acceptors (Lipinski definition) is 1. The fraction of sp³-hybridized carbons (Fsp3) is 0.333. The Kier molecular flexibility index (Phi) is 3.39. The summed E-state index contributed by atoms with van der Waals surface area (Å²) in [5.41, 5.74) is 4.25. The molecule has 3 atom stereocenters. The van der Waals surface area contributed by atoms with Crippen LogP contribution < -0.4 is 5.32 Å². The summed E-state index contributed by atoms with van der Waals surface area (Å²) in [6.45, 7) is 2.16. The Bertz CT molecular complexity index is 547. The van der Waals surface area contributed by atoms with Gasteiger partial charge in [0.1, 0.15) is 0 Å². The van der Waals surface area contributed by atoms with Crippen LogP contribution in [0.2, 0.25) is 0 Å². The van der Waals surface area contributed by atoms with Crippen molar-refractivity contribution in [2.75, 3.05) is 7.05 Å². The van der Waals surface area contributed by atoms with Gasteiger partial charge in [-0.05, 0) is 43.4 Å². The Morgan fingerprint density at radius 1 is 1.05 bits per heavy atom. The highest BCUT2D eigenvalue weighted by atomic mass is 14.9. The first kappa shape index (κ1) is 12.4. The molecule has 0 spiro atoms. The predicted molar refractivity (Wildman–Crippen MR) is 80.3 cm³/mol. The largest absolute Gasteiger partial charge is 0.313 e. The summed E-state index contributed by atoms with van der Waals surface area (Å²) in [5.74, 6) is 1.45. The molecule has 1 fully saturated rings. The van der Waals surface area contributed by atoms with Crippen molar-refractivity contribution in [2.24, 2.45) is 5.92 Å². The molecule has 0 heterocycles. The molecule has 98 valence electrons. The summed E-state index contributed by atoms with van der Waals surface area (Å²) in [4.78, 5) is 0. The molecule has 1 aliphatic rings. The van der Waals surface area contributed by atoms with E-state index in [9.17, 15) is 0 Å². The Morgan fingerprint density at radius 2 is 1.84 bits per heavy atom. The molecule has 3 unspecified atom stereocenters. The topological polar surface area (TPSA) is 12.0 Å². The maximum Gasteiger partial charge on any atom is 0.0352 e. The summed E-state index contributed by atoms with van der Waals surface area (Å²) in [5, 5.41) is 3.51. The van der Waals surface area contributed by atoms with Crippen LogP contribution in [0.25, 0.3) is 0 Å². The summed E-state index contributed by atoms with van der Waals surface area (Å²) in [6.07, 6.45) is 1.30. The van der Waals surface area contributed by atoms with Gasteiger partial charge in [0.15, 0.2) is 0 Å². The number of hydrogen-bond donors (Lipinski definition) is 1. The molecule has 19 heavy (non-hydrogen) atoms. The molecule has 1 nitrogen and oxygen atoms in total. The zero-order valence-corrected chi connectivity index (χ0v) is 11.6. The minimum absolute atomic E-state index is 0.477. The summed E-state index contributed by atoms with van der Waals surface area (Å²) < 4.78 is 0. The molecule has 1 saturated carbocycles. The van der Waals surface area contributed by atoms with Gasteiger partial charge >= 0.3 is 0 Å². The first-order chi connectivity index (χ1) is 9.29. The van der Waals surface area contributed by atoms with E-state index in [1.165, 1.54) is 23.1 Å². The number of aryl methyl sites for hydroxylation is 1. The van der Waals surface area contributed by atoms with Gasteiger partial charge in [0, 0.05) is 6.04 Å². The molecule has 0 saturated heterocycles. The molecule has 2 aromatic carbocycles. The standard InChI is InChI=1S/C18H21N/c1-13-7-6-10-15(11-13)18(19-2)17-12-16(17)14-8-4-3-5-9-14/h3-11,16-19H,12H2,1-2H3. The number of rotatable bonds is 4. The first-order valence-electron chi connectivity index (χ1n) is 7.08. The molecule has 3 rings (SSSR count).